The zero-order valence-corrected chi connectivity index (χ0v) is 17.4. The molecule has 0 atom stereocenters. The van der Waals surface area contributed by atoms with Gasteiger partial charge in [-0.05, 0) is 17.2 Å². The Labute approximate surface area is 182 Å². The Kier molecular flexibility index (Phi) is 7.62. The number of hydrogen-bond donors (Lipinski definition) is 0. The number of benzene rings is 3. The Morgan fingerprint density at radius 3 is 2.11 bits per heavy atom. The summed E-state index contributed by atoms with van der Waals surface area (Å²) in [4.78, 5) is 22.9. The van der Waals surface area contributed by atoms with Gasteiger partial charge >= 0.3 is 29.6 Å². The number of hydrogen-bond acceptors (Lipinski definition) is 5. The first-order valence-corrected chi connectivity index (χ1v) is 8.81. The molecule has 0 saturated heterocycles. The molecule has 0 radical (unpaired) electrons. The number of rotatable bonds is 6. The molecule has 0 bridgehead atoms. The quantitative estimate of drug-likeness (QED) is 0.272. The van der Waals surface area contributed by atoms with Crippen LogP contribution in [-0.2, 0) is 5.75 Å². The number of carboxylic acid groups (broad SMARTS) is 1. The van der Waals surface area contributed by atoms with E-state index in [4.69, 9.17) is 0 Å². The second kappa shape index (κ2) is 9.71. The van der Waals surface area contributed by atoms with E-state index < -0.39 is 10.9 Å². The zero-order chi connectivity index (χ0) is 18.5. The Hall–Kier alpha value is -2.12. The van der Waals surface area contributed by atoms with Crippen molar-refractivity contribution in [2.24, 2.45) is 0 Å². The third kappa shape index (κ3) is 5.20. The molecular formula is C20H14NNaO4S. The average molecular weight is 387 g/mol. The van der Waals surface area contributed by atoms with Crippen molar-refractivity contribution in [2.75, 3.05) is 0 Å². The fourth-order valence-electron chi connectivity index (χ4n) is 2.61. The van der Waals surface area contributed by atoms with E-state index in [1.165, 1.54) is 17.8 Å². The number of carboxylic acids is 1. The van der Waals surface area contributed by atoms with Crippen LogP contribution < -0.4 is 34.7 Å². The van der Waals surface area contributed by atoms with Crippen molar-refractivity contribution in [3.8, 4) is 11.1 Å². The molecular weight excluding hydrogens is 373 g/mol. The van der Waals surface area contributed by atoms with Gasteiger partial charge in [-0.15, -0.1) is 11.8 Å². The van der Waals surface area contributed by atoms with E-state index in [2.05, 4.69) is 0 Å². The van der Waals surface area contributed by atoms with Gasteiger partial charge < -0.3 is 9.90 Å². The second-order valence-corrected chi connectivity index (χ2v) is 6.57. The summed E-state index contributed by atoms with van der Waals surface area (Å²) < 4.78 is 0. The molecule has 0 saturated carbocycles. The van der Waals surface area contributed by atoms with Gasteiger partial charge in [0, 0.05) is 22.3 Å². The summed E-state index contributed by atoms with van der Waals surface area (Å²) >= 11 is 1.36. The van der Waals surface area contributed by atoms with Crippen molar-refractivity contribution in [3.63, 3.8) is 0 Å². The van der Waals surface area contributed by atoms with E-state index in [9.17, 15) is 20.0 Å². The average Bonchev–Trinajstić information content (AvgIpc) is 2.67. The number of nitrogens with zero attached hydrogens (tertiary/aromatic N) is 1. The molecule has 0 heterocycles. The van der Waals surface area contributed by atoms with E-state index >= 15 is 0 Å². The van der Waals surface area contributed by atoms with Gasteiger partial charge in [0.2, 0.25) is 0 Å². The molecule has 0 aliphatic rings. The van der Waals surface area contributed by atoms with Gasteiger partial charge in [0.15, 0.2) is 0 Å². The van der Waals surface area contributed by atoms with E-state index in [0.29, 0.717) is 21.8 Å². The molecule has 130 valence electrons. The number of nitro groups is 1. The summed E-state index contributed by atoms with van der Waals surface area (Å²) in [6.45, 7) is 0. The number of thioether (sulfide) groups is 1. The predicted molar refractivity (Wildman–Crippen MR) is 98.9 cm³/mol. The summed E-state index contributed by atoms with van der Waals surface area (Å²) in [7, 11) is 0. The predicted octanol–water partition coefficient (Wildman–Crippen LogP) is 0.922. The first-order valence-electron chi connectivity index (χ1n) is 7.82. The fraction of sp³-hybridized carbons (Fsp3) is 0.0500. The topological polar surface area (TPSA) is 83.3 Å². The van der Waals surface area contributed by atoms with Gasteiger partial charge in [0.25, 0.3) is 5.69 Å². The maximum atomic E-state index is 11.6. The standard InChI is InChI=1S/C20H15NO4S.Na/c22-20(23)16-11-17(21(24)25)19(15-9-5-2-6-10-15)18(12-16)26-13-14-7-3-1-4-8-14;/h1-12H,13H2,(H,22,23);/q;+1/p-1. The van der Waals surface area contributed by atoms with Crippen LogP contribution in [0.25, 0.3) is 11.1 Å². The van der Waals surface area contributed by atoms with Crippen LogP contribution in [0, 0.1) is 10.1 Å². The zero-order valence-electron chi connectivity index (χ0n) is 14.6. The molecule has 0 spiro atoms. The van der Waals surface area contributed by atoms with Crippen LogP contribution in [0.3, 0.4) is 0 Å². The van der Waals surface area contributed by atoms with Crippen molar-refractivity contribution in [1.29, 1.82) is 0 Å². The Morgan fingerprint density at radius 2 is 1.56 bits per heavy atom. The van der Waals surface area contributed by atoms with Gasteiger partial charge in [0.05, 0.1) is 16.5 Å². The van der Waals surface area contributed by atoms with Crippen LogP contribution in [0.15, 0.2) is 77.7 Å². The van der Waals surface area contributed by atoms with Gasteiger partial charge in [-0.1, -0.05) is 60.7 Å². The van der Waals surface area contributed by atoms with Crippen LogP contribution in [0.1, 0.15) is 15.9 Å². The maximum Gasteiger partial charge on any atom is 1.00 e. The Morgan fingerprint density at radius 1 is 0.963 bits per heavy atom. The molecule has 0 aromatic heterocycles. The molecule has 3 rings (SSSR count). The minimum Gasteiger partial charge on any atom is -0.545 e. The molecule has 0 N–H and O–H groups in total. The first-order chi connectivity index (χ1) is 12.6. The fourth-order valence-corrected chi connectivity index (χ4v) is 3.70. The monoisotopic (exact) mass is 387 g/mol. The third-order valence-corrected chi connectivity index (χ3v) is 4.92. The Bertz CT molecular complexity index is 949. The molecule has 5 nitrogen and oxygen atoms in total. The number of nitro benzene ring substituents is 1. The van der Waals surface area contributed by atoms with Crippen molar-refractivity contribution >= 4 is 23.4 Å². The molecule has 0 aliphatic carbocycles. The van der Waals surface area contributed by atoms with Gasteiger partial charge in [-0.3, -0.25) is 10.1 Å². The van der Waals surface area contributed by atoms with Gasteiger partial charge in [0.1, 0.15) is 0 Å². The third-order valence-electron chi connectivity index (χ3n) is 3.81. The molecule has 0 aliphatic heterocycles. The number of carbonyl (C=O) groups is 1. The maximum absolute atomic E-state index is 11.6. The van der Waals surface area contributed by atoms with Crippen LogP contribution in [0.5, 0.6) is 0 Å². The van der Waals surface area contributed by atoms with E-state index in [-0.39, 0.29) is 40.8 Å². The van der Waals surface area contributed by atoms with Gasteiger partial charge in [-0.2, -0.15) is 0 Å². The molecule has 27 heavy (non-hydrogen) atoms. The smallest absolute Gasteiger partial charge is 0.545 e. The molecule has 0 unspecified atom stereocenters. The summed E-state index contributed by atoms with van der Waals surface area (Å²) in [6.07, 6.45) is 0. The molecule has 0 fully saturated rings. The Balaban J connectivity index is 0.00000261. The first kappa shape index (κ1) is 21.2. The van der Waals surface area contributed by atoms with Crippen molar-refractivity contribution in [2.45, 2.75) is 10.6 Å². The molecule has 7 heteroatoms. The molecule has 3 aromatic carbocycles. The molecule has 3 aromatic rings. The normalized spacial score (nSPS) is 10.1. The largest absolute Gasteiger partial charge is 1.00 e. The van der Waals surface area contributed by atoms with Crippen LogP contribution >= 0.6 is 11.8 Å². The summed E-state index contributed by atoms with van der Waals surface area (Å²) in [5.41, 5.74) is 1.68. The van der Waals surface area contributed by atoms with Crippen LogP contribution in [0.2, 0.25) is 0 Å². The van der Waals surface area contributed by atoms with E-state index in [0.717, 1.165) is 11.6 Å². The molecule has 0 amide bonds. The van der Waals surface area contributed by atoms with Crippen molar-refractivity contribution in [3.05, 3.63) is 94.0 Å². The van der Waals surface area contributed by atoms with Gasteiger partial charge in [-0.25, -0.2) is 0 Å². The van der Waals surface area contributed by atoms with Crippen molar-refractivity contribution < 1.29 is 44.4 Å². The summed E-state index contributed by atoms with van der Waals surface area (Å²) in [5, 5.41) is 22.9. The number of carbonyl (C=O) groups excluding carboxylic acids is 1. The van der Waals surface area contributed by atoms with E-state index in [1.807, 2.05) is 36.4 Å². The summed E-state index contributed by atoms with van der Waals surface area (Å²) in [5.74, 6) is -0.872. The second-order valence-electron chi connectivity index (χ2n) is 5.55. The minimum absolute atomic E-state index is 0. The number of aromatic carboxylic acids is 1. The van der Waals surface area contributed by atoms with Crippen LogP contribution in [0.4, 0.5) is 5.69 Å². The van der Waals surface area contributed by atoms with Crippen LogP contribution in [-0.4, -0.2) is 10.9 Å². The van der Waals surface area contributed by atoms with E-state index in [1.54, 1.807) is 24.3 Å². The van der Waals surface area contributed by atoms with Crippen molar-refractivity contribution in [1.82, 2.24) is 0 Å². The minimum atomic E-state index is -1.44. The SMILES string of the molecule is O=C([O-])c1cc(SCc2ccccc2)c(-c2ccccc2)c([N+](=O)[O-])c1.[Na+]. The summed E-state index contributed by atoms with van der Waals surface area (Å²) in [6, 6.07) is 21.1.